The first-order chi connectivity index (χ1) is 13.6. The predicted octanol–water partition coefficient (Wildman–Crippen LogP) is -0.820. The molecule has 0 aliphatic carbocycles. The van der Waals surface area contributed by atoms with Crippen molar-refractivity contribution in [3.8, 4) is 0 Å². The monoisotopic (exact) mass is 412 g/mol. The van der Waals surface area contributed by atoms with Gasteiger partial charge in [0, 0.05) is 18.5 Å². The van der Waals surface area contributed by atoms with E-state index in [1.54, 1.807) is 13.8 Å². The lowest BCUT2D eigenvalue weighted by Crippen LogP contribution is -2.40. The normalized spacial score (nSPS) is 23.6. The Bertz CT molecular complexity index is 782. The second-order valence-corrected chi connectivity index (χ2v) is 7.33. The summed E-state index contributed by atoms with van der Waals surface area (Å²) in [6.45, 7) is 4.54. The maximum atomic E-state index is 12.1. The number of aliphatic hydroxyl groups is 1. The van der Waals surface area contributed by atoms with Crippen LogP contribution in [0, 0.1) is 11.8 Å². The van der Waals surface area contributed by atoms with Gasteiger partial charge in [-0.1, -0.05) is 13.8 Å². The van der Waals surface area contributed by atoms with Crippen molar-refractivity contribution in [2.75, 3.05) is 18.9 Å². The Kier molecular flexibility index (Phi) is 7.71. The summed E-state index contributed by atoms with van der Waals surface area (Å²) < 4.78 is 17.2. The first kappa shape index (κ1) is 22.8. The predicted molar refractivity (Wildman–Crippen MR) is 101 cm³/mol. The van der Waals surface area contributed by atoms with Gasteiger partial charge >= 0.3 is 17.6 Å². The third-order valence-corrected chi connectivity index (χ3v) is 4.76. The molecule has 1 aliphatic heterocycles. The summed E-state index contributed by atoms with van der Waals surface area (Å²) in [7, 11) is 0. The van der Waals surface area contributed by atoms with E-state index in [4.69, 9.17) is 25.7 Å². The quantitative estimate of drug-likeness (QED) is 0.458. The second kappa shape index (κ2) is 9.81. The molecule has 1 aromatic heterocycles. The fraction of sp³-hybridized carbons (Fsp3) is 0.667. The lowest BCUT2D eigenvalue weighted by atomic mass is 10.0. The summed E-state index contributed by atoms with van der Waals surface area (Å²) in [5.41, 5.74) is 10.6. The Balaban J connectivity index is 1.92. The SMILES string of the molecule is CC(OC(=O)C(N)C(C)C)C(=O)OCC1CC(n2ccc(N)nc2=O)OC1CO. The minimum atomic E-state index is -1.12. The lowest BCUT2D eigenvalue weighted by molar-refractivity contribution is -0.169. The molecule has 0 amide bonds. The molecule has 5 N–H and O–H groups in total. The number of nitrogens with zero attached hydrogens (tertiary/aromatic N) is 2. The molecule has 1 saturated heterocycles. The van der Waals surface area contributed by atoms with Crippen LogP contribution in [0.4, 0.5) is 5.82 Å². The van der Waals surface area contributed by atoms with Gasteiger partial charge < -0.3 is 30.8 Å². The Labute approximate surface area is 167 Å². The fourth-order valence-corrected chi connectivity index (χ4v) is 2.85. The van der Waals surface area contributed by atoms with Gasteiger partial charge in [-0.3, -0.25) is 9.36 Å². The maximum Gasteiger partial charge on any atom is 0.351 e. The van der Waals surface area contributed by atoms with Gasteiger partial charge in [-0.15, -0.1) is 0 Å². The van der Waals surface area contributed by atoms with Crippen LogP contribution in [0.3, 0.4) is 0 Å². The average molecular weight is 412 g/mol. The standard InChI is InChI=1S/C18H28N4O7/c1-9(2)15(20)17(25)28-10(3)16(24)27-8-11-6-14(29-12(11)7-23)22-5-4-13(19)21-18(22)26/h4-5,9-12,14-15,23H,6-8,20H2,1-3H3,(H2,19,21,26). The van der Waals surface area contributed by atoms with Gasteiger partial charge in [0.15, 0.2) is 6.10 Å². The largest absolute Gasteiger partial charge is 0.463 e. The van der Waals surface area contributed by atoms with Gasteiger partial charge in [0.25, 0.3) is 0 Å². The number of nitrogen functional groups attached to an aromatic ring is 1. The maximum absolute atomic E-state index is 12.1. The van der Waals surface area contributed by atoms with Gasteiger partial charge in [0.1, 0.15) is 18.1 Å². The Hall–Kier alpha value is -2.50. The van der Waals surface area contributed by atoms with Crippen molar-refractivity contribution in [3.63, 3.8) is 0 Å². The summed E-state index contributed by atoms with van der Waals surface area (Å²) in [6.07, 6.45) is -0.657. The van der Waals surface area contributed by atoms with E-state index >= 15 is 0 Å². The smallest absolute Gasteiger partial charge is 0.351 e. The Morgan fingerprint density at radius 1 is 1.38 bits per heavy atom. The number of carbonyl (C=O) groups is 2. The van der Waals surface area contributed by atoms with E-state index in [2.05, 4.69) is 4.98 Å². The molecule has 1 aromatic rings. The molecule has 0 bridgehead atoms. The van der Waals surface area contributed by atoms with Gasteiger partial charge in [-0.25, -0.2) is 9.59 Å². The number of nitrogens with two attached hydrogens (primary N) is 2. The van der Waals surface area contributed by atoms with Crippen molar-refractivity contribution in [2.45, 2.75) is 51.7 Å². The highest BCUT2D eigenvalue weighted by Crippen LogP contribution is 2.32. The molecule has 29 heavy (non-hydrogen) atoms. The Morgan fingerprint density at radius 2 is 2.07 bits per heavy atom. The molecule has 1 fully saturated rings. The molecule has 0 saturated carbocycles. The number of ether oxygens (including phenoxy) is 3. The molecule has 0 radical (unpaired) electrons. The summed E-state index contributed by atoms with van der Waals surface area (Å²) >= 11 is 0. The highest BCUT2D eigenvalue weighted by Gasteiger charge is 2.37. The van der Waals surface area contributed by atoms with Crippen LogP contribution in [0.1, 0.15) is 33.4 Å². The zero-order valence-electron chi connectivity index (χ0n) is 16.7. The molecule has 1 aliphatic rings. The minimum absolute atomic E-state index is 0.0736. The van der Waals surface area contributed by atoms with Crippen LogP contribution in [0.25, 0.3) is 0 Å². The van der Waals surface area contributed by atoms with Crippen LogP contribution in [-0.4, -0.2) is 58.1 Å². The number of carbonyl (C=O) groups excluding carboxylic acids is 2. The molecule has 11 heteroatoms. The number of anilines is 1. The van der Waals surface area contributed by atoms with E-state index in [1.165, 1.54) is 23.8 Å². The van der Waals surface area contributed by atoms with Crippen molar-refractivity contribution in [1.29, 1.82) is 0 Å². The highest BCUT2D eigenvalue weighted by molar-refractivity contribution is 5.81. The van der Waals surface area contributed by atoms with E-state index in [9.17, 15) is 19.5 Å². The molecule has 11 nitrogen and oxygen atoms in total. The van der Waals surface area contributed by atoms with Crippen LogP contribution in [0.5, 0.6) is 0 Å². The lowest BCUT2D eigenvalue weighted by Gasteiger charge is -2.20. The zero-order chi connectivity index (χ0) is 21.7. The molecule has 0 spiro atoms. The van der Waals surface area contributed by atoms with Crippen LogP contribution >= 0.6 is 0 Å². The van der Waals surface area contributed by atoms with Crippen molar-refractivity contribution in [1.82, 2.24) is 9.55 Å². The van der Waals surface area contributed by atoms with Crippen LogP contribution in [0.2, 0.25) is 0 Å². The van der Waals surface area contributed by atoms with Gasteiger partial charge in [-0.05, 0) is 18.9 Å². The van der Waals surface area contributed by atoms with Gasteiger partial charge in [0.2, 0.25) is 0 Å². The molecule has 2 rings (SSSR count). The van der Waals surface area contributed by atoms with Crippen LogP contribution < -0.4 is 17.2 Å². The number of aromatic nitrogens is 2. The molecular weight excluding hydrogens is 384 g/mol. The van der Waals surface area contributed by atoms with E-state index in [0.717, 1.165) is 0 Å². The fourth-order valence-electron chi connectivity index (χ4n) is 2.85. The van der Waals surface area contributed by atoms with Crippen LogP contribution in [0.15, 0.2) is 17.1 Å². The van der Waals surface area contributed by atoms with Crippen molar-refractivity contribution in [3.05, 3.63) is 22.7 Å². The molecule has 0 aromatic carbocycles. The molecule has 2 heterocycles. The van der Waals surface area contributed by atoms with Crippen LogP contribution in [-0.2, 0) is 23.8 Å². The van der Waals surface area contributed by atoms with Gasteiger partial charge in [-0.2, -0.15) is 4.98 Å². The third kappa shape index (κ3) is 5.75. The van der Waals surface area contributed by atoms with Crippen molar-refractivity contribution < 1.29 is 28.9 Å². The first-order valence-electron chi connectivity index (χ1n) is 9.37. The molecule has 162 valence electrons. The highest BCUT2D eigenvalue weighted by atomic mass is 16.6. The number of hydrogen-bond acceptors (Lipinski definition) is 10. The molecular formula is C18H28N4O7. The average Bonchev–Trinajstić information content (AvgIpc) is 3.07. The van der Waals surface area contributed by atoms with E-state index in [1.807, 2.05) is 0 Å². The van der Waals surface area contributed by atoms with E-state index in [0.29, 0.717) is 6.42 Å². The minimum Gasteiger partial charge on any atom is -0.463 e. The summed E-state index contributed by atoms with van der Waals surface area (Å²) in [4.78, 5) is 39.6. The van der Waals surface area contributed by atoms with Crippen molar-refractivity contribution in [2.24, 2.45) is 17.6 Å². The second-order valence-electron chi connectivity index (χ2n) is 7.33. The Morgan fingerprint density at radius 3 is 2.66 bits per heavy atom. The van der Waals surface area contributed by atoms with Gasteiger partial charge in [0.05, 0.1) is 19.3 Å². The summed E-state index contributed by atoms with van der Waals surface area (Å²) in [6, 6.07) is 0.629. The number of hydrogen-bond donors (Lipinski definition) is 3. The topological polar surface area (TPSA) is 169 Å². The number of rotatable bonds is 8. The van der Waals surface area contributed by atoms with E-state index < -0.39 is 42.1 Å². The first-order valence-corrected chi connectivity index (χ1v) is 9.37. The molecule has 5 atom stereocenters. The number of aliphatic hydroxyl groups excluding tert-OH is 1. The third-order valence-electron chi connectivity index (χ3n) is 4.76. The number of esters is 2. The zero-order valence-corrected chi connectivity index (χ0v) is 16.7. The summed E-state index contributed by atoms with van der Waals surface area (Å²) in [5, 5.41) is 9.55. The van der Waals surface area contributed by atoms with Crippen molar-refractivity contribution >= 4 is 17.8 Å². The summed E-state index contributed by atoms with van der Waals surface area (Å²) in [5.74, 6) is -1.82. The molecule has 5 unspecified atom stereocenters. The van der Waals surface area contributed by atoms with E-state index in [-0.39, 0.29) is 30.9 Å².